The average molecular weight is 199 g/mol. The predicted molar refractivity (Wildman–Crippen MR) is 54.2 cm³/mol. The van der Waals surface area contributed by atoms with Crippen LogP contribution in [0.1, 0.15) is 11.6 Å². The molecule has 0 radical (unpaired) electrons. The van der Waals surface area contributed by atoms with Crippen molar-refractivity contribution in [3.8, 4) is 5.75 Å². The first kappa shape index (κ1) is 10.4. The van der Waals surface area contributed by atoms with Crippen LogP contribution in [0, 0.1) is 0 Å². The van der Waals surface area contributed by atoms with Crippen LogP contribution in [0.4, 0.5) is 0 Å². The first-order valence-electron chi connectivity index (χ1n) is 3.99. The molecule has 0 saturated heterocycles. The molecule has 0 heterocycles. The Balaban J connectivity index is 3.05. The molecule has 1 aromatic carbocycles. The Bertz CT molecular complexity index is 287. The van der Waals surface area contributed by atoms with Crippen molar-refractivity contribution in [1.82, 2.24) is 5.32 Å². The van der Waals surface area contributed by atoms with Gasteiger partial charge in [-0.05, 0) is 13.1 Å². The Labute approximate surface area is 82.8 Å². The van der Waals surface area contributed by atoms with Gasteiger partial charge in [0, 0.05) is 10.5 Å². The summed E-state index contributed by atoms with van der Waals surface area (Å²) in [5.74, 6) is 0.124. The summed E-state index contributed by atoms with van der Waals surface area (Å²) in [6, 6.07) is 5.00. The van der Waals surface area contributed by atoms with Crippen LogP contribution in [0.3, 0.4) is 0 Å². The number of para-hydroxylation sites is 1. The summed E-state index contributed by atoms with van der Waals surface area (Å²) in [4.78, 5) is 0.520. The second-order valence-corrected chi connectivity index (χ2v) is 3.22. The lowest BCUT2D eigenvalue weighted by molar-refractivity contribution is 0.247. The van der Waals surface area contributed by atoms with E-state index in [0.29, 0.717) is 10.5 Å². The number of thiol groups is 1. The number of hydrogen-bond acceptors (Lipinski definition) is 4. The van der Waals surface area contributed by atoms with Gasteiger partial charge in [-0.15, -0.1) is 12.6 Å². The molecular weight excluding hydrogens is 186 g/mol. The molecular formula is C9H13NO2S. The summed E-state index contributed by atoms with van der Waals surface area (Å²) in [5, 5.41) is 21.5. The summed E-state index contributed by atoms with van der Waals surface area (Å²) in [5.41, 5.74) is 0.664. The van der Waals surface area contributed by atoms with Crippen LogP contribution in [-0.4, -0.2) is 23.9 Å². The van der Waals surface area contributed by atoms with Gasteiger partial charge < -0.3 is 15.5 Å². The van der Waals surface area contributed by atoms with E-state index in [1.165, 1.54) is 0 Å². The lowest BCUT2D eigenvalue weighted by Gasteiger charge is -2.15. The van der Waals surface area contributed by atoms with Crippen LogP contribution in [-0.2, 0) is 0 Å². The maximum atomic E-state index is 9.60. The molecule has 1 rings (SSSR count). The fraction of sp³-hybridized carbons (Fsp3) is 0.333. The van der Waals surface area contributed by atoms with Gasteiger partial charge in [-0.25, -0.2) is 0 Å². The van der Waals surface area contributed by atoms with E-state index >= 15 is 0 Å². The van der Waals surface area contributed by atoms with Crippen LogP contribution in [0.5, 0.6) is 5.75 Å². The minimum absolute atomic E-state index is 0.0543. The Morgan fingerprint density at radius 3 is 2.77 bits per heavy atom. The summed E-state index contributed by atoms with van der Waals surface area (Å²) < 4.78 is 0. The van der Waals surface area contributed by atoms with Gasteiger partial charge >= 0.3 is 0 Å². The maximum Gasteiger partial charge on any atom is 0.133 e. The number of phenolic OH excluding ortho intramolecular Hbond substituents is 1. The number of hydrogen-bond donors (Lipinski definition) is 4. The highest BCUT2D eigenvalue weighted by molar-refractivity contribution is 7.80. The molecule has 3 nitrogen and oxygen atoms in total. The molecule has 0 spiro atoms. The van der Waals surface area contributed by atoms with Crippen molar-refractivity contribution >= 4 is 12.6 Å². The number of aliphatic hydroxyl groups excluding tert-OH is 1. The molecule has 0 bridgehead atoms. The van der Waals surface area contributed by atoms with Gasteiger partial charge in [0.05, 0.1) is 12.6 Å². The number of aliphatic hydroxyl groups is 1. The highest BCUT2D eigenvalue weighted by Gasteiger charge is 2.13. The summed E-state index contributed by atoms with van der Waals surface area (Å²) >= 11 is 4.08. The first-order chi connectivity index (χ1) is 6.20. The van der Waals surface area contributed by atoms with Crippen molar-refractivity contribution in [2.75, 3.05) is 13.7 Å². The SMILES string of the molecule is CNC(CO)c1cccc(S)c1O. The molecule has 0 aliphatic heterocycles. The molecule has 72 valence electrons. The third-order valence-electron chi connectivity index (χ3n) is 1.95. The second kappa shape index (κ2) is 4.50. The molecule has 0 aliphatic carbocycles. The third-order valence-corrected chi connectivity index (χ3v) is 2.31. The van der Waals surface area contributed by atoms with Crippen molar-refractivity contribution in [3.05, 3.63) is 23.8 Å². The van der Waals surface area contributed by atoms with E-state index in [-0.39, 0.29) is 18.4 Å². The molecule has 4 heteroatoms. The molecule has 1 unspecified atom stereocenters. The van der Waals surface area contributed by atoms with Gasteiger partial charge in [-0.2, -0.15) is 0 Å². The summed E-state index contributed by atoms with van der Waals surface area (Å²) in [6.45, 7) is -0.0543. The molecule has 0 aromatic heterocycles. The van der Waals surface area contributed by atoms with Crippen molar-refractivity contribution < 1.29 is 10.2 Å². The van der Waals surface area contributed by atoms with Gasteiger partial charge in [0.25, 0.3) is 0 Å². The van der Waals surface area contributed by atoms with Gasteiger partial charge in [0.1, 0.15) is 5.75 Å². The van der Waals surface area contributed by atoms with Crippen LogP contribution in [0.2, 0.25) is 0 Å². The van der Waals surface area contributed by atoms with Crippen molar-refractivity contribution in [2.24, 2.45) is 0 Å². The van der Waals surface area contributed by atoms with Gasteiger partial charge in [-0.1, -0.05) is 12.1 Å². The molecule has 0 aliphatic rings. The van der Waals surface area contributed by atoms with E-state index in [1.807, 2.05) is 0 Å². The highest BCUT2D eigenvalue weighted by Crippen LogP contribution is 2.29. The lowest BCUT2D eigenvalue weighted by atomic mass is 10.1. The topological polar surface area (TPSA) is 52.5 Å². The third kappa shape index (κ3) is 2.15. The quantitative estimate of drug-likeness (QED) is 0.548. The van der Waals surface area contributed by atoms with E-state index in [9.17, 15) is 5.11 Å². The number of nitrogens with one attached hydrogen (secondary N) is 1. The van der Waals surface area contributed by atoms with Gasteiger partial charge in [0.15, 0.2) is 0 Å². The molecule has 0 amide bonds. The van der Waals surface area contributed by atoms with Crippen molar-refractivity contribution in [2.45, 2.75) is 10.9 Å². The zero-order valence-corrected chi connectivity index (χ0v) is 8.25. The van der Waals surface area contributed by atoms with Crippen LogP contribution in [0.15, 0.2) is 23.1 Å². The summed E-state index contributed by atoms with van der Waals surface area (Å²) in [7, 11) is 1.73. The maximum absolute atomic E-state index is 9.60. The largest absolute Gasteiger partial charge is 0.506 e. The lowest BCUT2D eigenvalue weighted by Crippen LogP contribution is -2.19. The van der Waals surface area contributed by atoms with Crippen LogP contribution < -0.4 is 5.32 Å². The number of rotatable bonds is 3. The van der Waals surface area contributed by atoms with Gasteiger partial charge in [-0.3, -0.25) is 0 Å². The fourth-order valence-corrected chi connectivity index (χ4v) is 1.39. The normalized spacial score (nSPS) is 12.8. The molecule has 1 atom stereocenters. The van der Waals surface area contributed by atoms with E-state index in [0.717, 1.165) is 0 Å². The second-order valence-electron chi connectivity index (χ2n) is 2.74. The number of aromatic hydroxyl groups is 1. The number of benzene rings is 1. The number of likely N-dealkylation sites (N-methyl/N-ethyl adjacent to an activating group) is 1. The Kier molecular flexibility index (Phi) is 3.59. The van der Waals surface area contributed by atoms with Crippen molar-refractivity contribution in [1.29, 1.82) is 0 Å². The molecule has 0 saturated carbocycles. The zero-order chi connectivity index (χ0) is 9.84. The Morgan fingerprint density at radius 2 is 2.23 bits per heavy atom. The zero-order valence-electron chi connectivity index (χ0n) is 7.36. The Morgan fingerprint density at radius 1 is 1.54 bits per heavy atom. The predicted octanol–water partition coefficient (Wildman–Crippen LogP) is 0.934. The van der Waals surface area contributed by atoms with Crippen LogP contribution >= 0.6 is 12.6 Å². The Hall–Kier alpha value is -0.710. The molecule has 1 aromatic rings. The first-order valence-corrected chi connectivity index (χ1v) is 4.44. The smallest absolute Gasteiger partial charge is 0.133 e. The van der Waals surface area contributed by atoms with Crippen LogP contribution in [0.25, 0.3) is 0 Å². The fourth-order valence-electron chi connectivity index (χ4n) is 1.18. The van der Waals surface area contributed by atoms with Crippen molar-refractivity contribution in [3.63, 3.8) is 0 Å². The standard InChI is InChI=1S/C9H13NO2S/c1-10-7(5-11)6-3-2-4-8(13)9(6)12/h2-4,7,10-13H,5H2,1H3. The minimum atomic E-state index is -0.243. The highest BCUT2D eigenvalue weighted by atomic mass is 32.1. The van der Waals surface area contributed by atoms with E-state index < -0.39 is 0 Å². The van der Waals surface area contributed by atoms with E-state index in [1.54, 1.807) is 25.2 Å². The molecule has 0 fully saturated rings. The van der Waals surface area contributed by atoms with Gasteiger partial charge in [0.2, 0.25) is 0 Å². The molecule has 13 heavy (non-hydrogen) atoms. The minimum Gasteiger partial charge on any atom is -0.506 e. The van der Waals surface area contributed by atoms with E-state index in [4.69, 9.17) is 5.11 Å². The molecule has 3 N–H and O–H groups in total. The summed E-state index contributed by atoms with van der Waals surface area (Å²) in [6.07, 6.45) is 0. The monoisotopic (exact) mass is 199 g/mol. The average Bonchev–Trinajstić information content (AvgIpc) is 2.14. The number of phenols is 1. The van der Waals surface area contributed by atoms with E-state index in [2.05, 4.69) is 17.9 Å².